The highest BCUT2D eigenvalue weighted by molar-refractivity contribution is 6.03. The van der Waals surface area contributed by atoms with Gasteiger partial charge >= 0.3 is 5.97 Å². The van der Waals surface area contributed by atoms with Gasteiger partial charge in [-0.05, 0) is 37.8 Å². The van der Waals surface area contributed by atoms with Crippen LogP contribution < -0.4 is 5.32 Å². The number of piperidine rings is 1. The summed E-state index contributed by atoms with van der Waals surface area (Å²) in [6, 6.07) is 3.24. The van der Waals surface area contributed by atoms with Crippen molar-refractivity contribution < 1.29 is 19.1 Å². The number of methoxy groups -OCH3 is 1. The van der Waals surface area contributed by atoms with E-state index in [1.165, 1.54) is 19.4 Å². The predicted molar refractivity (Wildman–Crippen MR) is 96.6 cm³/mol. The molecular weight excluding hydrogens is 334 g/mol. The second kappa shape index (κ2) is 8.78. The van der Waals surface area contributed by atoms with Crippen molar-refractivity contribution in [3.63, 3.8) is 0 Å². The smallest absolute Gasteiger partial charge is 0.340 e. The maximum Gasteiger partial charge on any atom is 0.340 e. The van der Waals surface area contributed by atoms with Crippen LogP contribution in [0.2, 0.25) is 0 Å². The largest absolute Gasteiger partial charge is 0.465 e. The highest BCUT2D eigenvalue weighted by atomic mass is 16.5. The van der Waals surface area contributed by atoms with Crippen LogP contribution >= 0.6 is 0 Å². The maximum atomic E-state index is 12.7. The van der Waals surface area contributed by atoms with Crippen molar-refractivity contribution in [2.24, 2.45) is 11.8 Å². The van der Waals surface area contributed by atoms with Crippen LogP contribution in [0.15, 0.2) is 18.3 Å². The van der Waals surface area contributed by atoms with Crippen molar-refractivity contribution in [1.29, 1.82) is 0 Å². The van der Waals surface area contributed by atoms with Gasteiger partial charge in [0.05, 0.1) is 12.7 Å². The lowest BCUT2D eigenvalue weighted by molar-refractivity contribution is -0.127. The second-order valence-electron chi connectivity index (χ2n) is 7.00. The molecule has 1 N–H and O–H groups in total. The Morgan fingerprint density at radius 1 is 1.23 bits per heavy atom. The molecule has 1 aliphatic rings. The molecule has 0 unspecified atom stereocenters. The van der Waals surface area contributed by atoms with Crippen molar-refractivity contribution in [1.82, 2.24) is 15.2 Å². The van der Waals surface area contributed by atoms with Gasteiger partial charge in [-0.2, -0.15) is 0 Å². The molecule has 0 bridgehead atoms. The molecule has 2 rings (SSSR count). The van der Waals surface area contributed by atoms with Gasteiger partial charge in [-0.15, -0.1) is 0 Å². The molecule has 142 valence electrons. The molecule has 0 radical (unpaired) electrons. The predicted octanol–water partition coefficient (Wildman–Crippen LogP) is 1.88. The average molecular weight is 361 g/mol. The molecule has 26 heavy (non-hydrogen) atoms. The van der Waals surface area contributed by atoms with E-state index in [1.54, 1.807) is 11.0 Å². The van der Waals surface area contributed by atoms with E-state index in [1.807, 2.05) is 6.92 Å². The van der Waals surface area contributed by atoms with Crippen LogP contribution in [0.25, 0.3) is 0 Å². The number of pyridine rings is 1. The molecule has 1 atom stereocenters. The zero-order valence-electron chi connectivity index (χ0n) is 15.8. The molecule has 0 spiro atoms. The first kappa shape index (κ1) is 19.9. The Bertz CT molecular complexity index is 667. The number of ether oxygens (including phenoxy) is 1. The number of carbonyl (C=O) groups is 3. The van der Waals surface area contributed by atoms with Crippen LogP contribution in [-0.2, 0) is 9.53 Å². The third-order valence-corrected chi connectivity index (χ3v) is 4.94. The van der Waals surface area contributed by atoms with Crippen molar-refractivity contribution in [3.05, 3.63) is 29.6 Å². The van der Waals surface area contributed by atoms with Crippen molar-refractivity contribution in [2.75, 3.05) is 20.2 Å². The molecule has 7 nitrogen and oxygen atoms in total. The average Bonchev–Trinajstić information content (AvgIpc) is 2.66. The molecule has 0 saturated carbocycles. The molecule has 1 aromatic heterocycles. The Balaban J connectivity index is 1.99. The number of hydrogen-bond acceptors (Lipinski definition) is 5. The second-order valence-corrected chi connectivity index (χ2v) is 7.00. The quantitative estimate of drug-likeness (QED) is 0.809. The lowest BCUT2D eigenvalue weighted by Gasteiger charge is -2.32. The highest BCUT2D eigenvalue weighted by Crippen LogP contribution is 2.20. The fourth-order valence-corrected chi connectivity index (χ4v) is 2.85. The number of hydrogen-bond donors (Lipinski definition) is 1. The zero-order chi connectivity index (χ0) is 19.3. The lowest BCUT2D eigenvalue weighted by Crippen LogP contribution is -2.46. The number of carbonyl (C=O) groups excluding carboxylic acids is 3. The van der Waals surface area contributed by atoms with Crippen LogP contribution in [0.3, 0.4) is 0 Å². The number of aromatic nitrogens is 1. The molecule has 1 fully saturated rings. The first-order valence-corrected chi connectivity index (χ1v) is 8.98. The van der Waals surface area contributed by atoms with Crippen molar-refractivity contribution >= 4 is 17.8 Å². The number of nitrogens with zero attached hydrogens (tertiary/aromatic N) is 2. The summed E-state index contributed by atoms with van der Waals surface area (Å²) in [7, 11) is 1.27. The summed E-state index contributed by atoms with van der Waals surface area (Å²) in [4.78, 5) is 42.6. The van der Waals surface area contributed by atoms with Gasteiger partial charge < -0.3 is 15.0 Å². The van der Waals surface area contributed by atoms with Gasteiger partial charge in [-0.3, -0.25) is 14.6 Å². The Morgan fingerprint density at radius 3 is 2.46 bits per heavy atom. The molecule has 0 aromatic carbocycles. The molecule has 2 amide bonds. The maximum absolute atomic E-state index is 12.7. The zero-order valence-corrected chi connectivity index (χ0v) is 15.8. The van der Waals surface area contributed by atoms with Crippen LogP contribution in [0.4, 0.5) is 0 Å². The fraction of sp³-hybridized carbons (Fsp3) is 0.579. The SMILES string of the molecule is COC(=O)c1cccnc1C(=O)N1CCC(C(=O)N[C@@H](C)C(C)C)CC1. The molecular formula is C19H27N3O4. The summed E-state index contributed by atoms with van der Waals surface area (Å²) in [6.45, 7) is 7.06. The molecule has 7 heteroatoms. The number of amides is 2. The standard InChI is InChI=1S/C19H27N3O4/c1-12(2)13(3)21-17(23)14-7-10-22(11-8-14)18(24)16-15(19(25)26-4)6-5-9-20-16/h5-6,9,12-14H,7-8,10-11H2,1-4H3,(H,21,23)/t13-/m0/s1. The van der Waals surface area contributed by atoms with Crippen LogP contribution in [0.5, 0.6) is 0 Å². The minimum atomic E-state index is -0.585. The van der Waals surface area contributed by atoms with E-state index in [-0.39, 0.29) is 35.0 Å². The molecule has 1 aliphatic heterocycles. The van der Waals surface area contributed by atoms with Crippen molar-refractivity contribution in [3.8, 4) is 0 Å². The highest BCUT2D eigenvalue weighted by Gasteiger charge is 2.30. The van der Waals surface area contributed by atoms with E-state index in [0.717, 1.165) is 0 Å². The van der Waals surface area contributed by atoms with E-state index in [9.17, 15) is 14.4 Å². The summed E-state index contributed by atoms with van der Waals surface area (Å²) in [5.41, 5.74) is 0.251. The van der Waals surface area contributed by atoms with Crippen LogP contribution in [0, 0.1) is 11.8 Å². The molecule has 2 heterocycles. The Morgan fingerprint density at radius 2 is 1.88 bits per heavy atom. The molecule has 0 aliphatic carbocycles. The monoisotopic (exact) mass is 361 g/mol. The van der Waals surface area contributed by atoms with Gasteiger partial charge in [0.2, 0.25) is 5.91 Å². The topological polar surface area (TPSA) is 88.6 Å². The Kier molecular flexibility index (Phi) is 6.71. The van der Waals surface area contributed by atoms with Gasteiger partial charge in [-0.25, -0.2) is 4.79 Å². The summed E-state index contributed by atoms with van der Waals surface area (Å²) < 4.78 is 4.72. The van der Waals surface area contributed by atoms with E-state index < -0.39 is 5.97 Å². The van der Waals surface area contributed by atoms with E-state index >= 15 is 0 Å². The lowest BCUT2D eigenvalue weighted by atomic mass is 9.94. The summed E-state index contributed by atoms with van der Waals surface area (Å²) in [5, 5.41) is 3.04. The number of likely N-dealkylation sites (tertiary alicyclic amines) is 1. The summed E-state index contributed by atoms with van der Waals surface area (Å²) in [6.07, 6.45) is 2.68. The fourth-order valence-electron chi connectivity index (χ4n) is 2.85. The van der Waals surface area contributed by atoms with Crippen LogP contribution in [0.1, 0.15) is 54.5 Å². The van der Waals surface area contributed by atoms with E-state index in [4.69, 9.17) is 4.74 Å². The summed E-state index contributed by atoms with van der Waals surface area (Å²) >= 11 is 0. The first-order chi connectivity index (χ1) is 12.3. The first-order valence-electron chi connectivity index (χ1n) is 8.98. The van der Waals surface area contributed by atoms with Gasteiger partial charge in [0, 0.05) is 31.2 Å². The van der Waals surface area contributed by atoms with Gasteiger partial charge in [0.15, 0.2) is 0 Å². The van der Waals surface area contributed by atoms with Crippen LogP contribution in [-0.4, -0.2) is 53.9 Å². The minimum Gasteiger partial charge on any atom is -0.465 e. The third kappa shape index (κ3) is 4.59. The molecule has 1 saturated heterocycles. The number of rotatable bonds is 5. The van der Waals surface area contributed by atoms with Gasteiger partial charge in [0.25, 0.3) is 5.91 Å². The number of nitrogens with one attached hydrogen (secondary N) is 1. The normalized spacial score (nSPS) is 16.3. The Hall–Kier alpha value is -2.44. The van der Waals surface area contributed by atoms with E-state index in [0.29, 0.717) is 31.8 Å². The minimum absolute atomic E-state index is 0.0476. The van der Waals surface area contributed by atoms with Gasteiger partial charge in [0.1, 0.15) is 5.69 Å². The number of esters is 1. The third-order valence-electron chi connectivity index (χ3n) is 4.94. The molecule has 1 aromatic rings. The van der Waals surface area contributed by atoms with Crippen molar-refractivity contribution in [2.45, 2.75) is 39.7 Å². The van der Waals surface area contributed by atoms with E-state index in [2.05, 4.69) is 24.1 Å². The van der Waals surface area contributed by atoms with Gasteiger partial charge in [-0.1, -0.05) is 13.8 Å². The summed E-state index contributed by atoms with van der Waals surface area (Å²) in [5.74, 6) is -0.559. The Labute approximate surface area is 154 Å².